The lowest BCUT2D eigenvalue weighted by molar-refractivity contribution is -0.144. The van der Waals surface area contributed by atoms with Crippen LogP contribution in [0.3, 0.4) is 0 Å². The molecular weight excluding hydrogens is 232 g/mol. The zero-order chi connectivity index (χ0) is 13.8. The summed E-state index contributed by atoms with van der Waals surface area (Å²) in [7, 11) is 0. The van der Waals surface area contributed by atoms with Gasteiger partial charge in [0.1, 0.15) is 5.54 Å². The Labute approximate surface area is 108 Å². The van der Waals surface area contributed by atoms with E-state index in [1.165, 1.54) is 5.57 Å². The summed E-state index contributed by atoms with van der Waals surface area (Å²) >= 11 is 0. The van der Waals surface area contributed by atoms with E-state index in [9.17, 15) is 14.7 Å². The Hall–Kier alpha value is -1.52. The van der Waals surface area contributed by atoms with Crippen molar-refractivity contribution in [3.05, 3.63) is 11.6 Å². The number of hydrogen-bond acceptors (Lipinski definition) is 2. The van der Waals surface area contributed by atoms with Crippen LogP contribution in [0.25, 0.3) is 0 Å². The van der Waals surface area contributed by atoms with Gasteiger partial charge in [0.15, 0.2) is 0 Å². The molecule has 1 aliphatic heterocycles. The second kappa shape index (κ2) is 5.89. The zero-order valence-corrected chi connectivity index (χ0v) is 11.3. The van der Waals surface area contributed by atoms with E-state index in [4.69, 9.17) is 0 Å². The summed E-state index contributed by atoms with van der Waals surface area (Å²) in [4.78, 5) is 25.0. The summed E-state index contributed by atoms with van der Waals surface area (Å²) in [6.45, 7) is 6.79. The maximum atomic E-state index is 12.1. The lowest BCUT2D eigenvalue weighted by Crippen LogP contribution is -2.57. The Balaban J connectivity index is 2.71. The molecule has 18 heavy (non-hydrogen) atoms. The summed E-state index contributed by atoms with van der Waals surface area (Å²) < 4.78 is 0. The van der Waals surface area contributed by atoms with E-state index < -0.39 is 11.5 Å². The van der Waals surface area contributed by atoms with Crippen LogP contribution in [-0.2, 0) is 4.79 Å². The van der Waals surface area contributed by atoms with Crippen molar-refractivity contribution in [2.45, 2.75) is 45.6 Å². The zero-order valence-electron chi connectivity index (χ0n) is 11.3. The van der Waals surface area contributed by atoms with Crippen molar-refractivity contribution >= 4 is 12.0 Å². The van der Waals surface area contributed by atoms with Crippen LogP contribution >= 0.6 is 0 Å². The Kier molecular flexibility index (Phi) is 4.76. The molecule has 5 heteroatoms. The Morgan fingerprint density at radius 1 is 1.44 bits per heavy atom. The first-order valence-electron chi connectivity index (χ1n) is 6.41. The third-order valence-electron chi connectivity index (χ3n) is 3.69. The molecule has 1 aliphatic rings. The molecule has 2 N–H and O–H groups in total. The van der Waals surface area contributed by atoms with Gasteiger partial charge in [-0.05, 0) is 26.2 Å². The number of aliphatic carboxylic acids is 1. The minimum atomic E-state index is -1.15. The molecule has 0 fully saturated rings. The SMILES string of the molecule is CCC(CC)(NC(=O)N1CC=C(C)CC1)C(=O)O. The quantitative estimate of drug-likeness (QED) is 0.754. The standard InChI is InChI=1S/C13H22N2O3/c1-4-13(5-2,11(16)17)14-12(18)15-8-6-10(3)7-9-15/h6H,4-5,7-9H2,1-3H3,(H,14,18)(H,16,17). The van der Waals surface area contributed by atoms with E-state index >= 15 is 0 Å². The smallest absolute Gasteiger partial charge is 0.329 e. The van der Waals surface area contributed by atoms with Crippen LogP contribution in [-0.4, -0.2) is 40.6 Å². The van der Waals surface area contributed by atoms with Gasteiger partial charge in [0.05, 0.1) is 0 Å². The number of carbonyl (C=O) groups excluding carboxylic acids is 1. The van der Waals surface area contributed by atoms with Crippen molar-refractivity contribution in [1.82, 2.24) is 10.2 Å². The third kappa shape index (κ3) is 3.03. The summed E-state index contributed by atoms with van der Waals surface area (Å²) in [6, 6.07) is -0.287. The molecule has 0 unspecified atom stereocenters. The fraction of sp³-hybridized carbons (Fsp3) is 0.692. The lowest BCUT2D eigenvalue weighted by Gasteiger charge is -2.33. The van der Waals surface area contributed by atoms with Gasteiger partial charge in [0, 0.05) is 13.1 Å². The monoisotopic (exact) mass is 254 g/mol. The fourth-order valence-electron chi connectivity index (χ4n) is 2.02. The first-order valence-corrected chi connectivity index (χ1v) is 6.41. The van der Waals surface area contributed by atoms with Gasteiger partial charge in [0.2, 0.25) is 0 Å². The number of amides is 2. The molecule has 0 saturated heterocycles. The van der Waals surface area contributed by atoms with Gasteiger partial charge in [-0.25, -0.2) is 9.59 Å². The number of carboxylic acid groups (broad SMARTS) is 1. The van der Waals surface area contributed by atoms with E-state index in [2.05, 4.69) is 5.32 Å². The lowest BCUT2D eigenvalue weighted by atomic mass is 9.93. The van der Waals surface area contributed by atoms with Crippen LogP contribution in [0.2, 0.25) is 0 Å². The summed E-state index contributed by atoms with van der Waals surface area (Å²) in [5.41, 5.74) is 0.127. The normalized spacial score (nSPS) is 16.2. The summed E-state index contributed by atoms with van der Waals surface area (Å²) in [6.07, 6.45) is 3.62. The van der Waals surface area contributed by atoms with Gasteiger partial charge >= 0.3 is 12.0 Å². The van der Waals surface area contributed by atoms with Crippen LogP contribution in [0.1, 0.15) is 40.0 Å². The molecule has 1 heterocycles. The molecule has 0 aromatic carbocycles. The number of rotatable bonds is 4. The predicted molar refractivity (Wildman–Crippen MR) is 69.4 cm³/mol. The minimum absolute atomic E-state index is 0.287. The van der Waals surface area contributed by atoms with Crippen LogP contribution in [0.5, 0.6) is 0 Å². The molecule has 2 amide bonds. The molecule has 0 atom stereocenters. The van der Waals surface area contributed by atoms with Crippen molar-refractivity contribution in [1.29, 1.82) is 0 Å². The third-order valence-corrected chi connectivity index (χ3v) is 3.69. The van der Waals surface area contributed by atoms with Gasteiger partial charge in [-0.2, -0.15) is 0 Å². The first-order chi connectivity index (χ1) is 8.45. The van der Waals surface area contributed by atoms with Crippen LogP contribution in [0.15, 0.2) is 11.6 Å². The van der Waals surface area contributed by atoms with Gasteiger partial charge in [-0.1, -0.05) is 25.5 Å². The number of nitrogens with one attached hydrogen (secondary N) is 1. The van der Waals surface area contributed by atoms with E-state index in [0.717, 1.165) is 6.42 Å². The second-order valence-electron chi connectivity index (χ2n) is 4.77. The first kappa shape index (κ1) is 14.5. The molecule has 102 valence electrons. The minimum Gasteiger partial charge on any atom is -0.480 e. The number of hydrogen-bond donors (Lipinski definition) is 2. The number of carboxylic acids is 1. The molecule has 0 spiro atoms. The molecule has 0 aliphatic carbocycles. The Morgan fingerprint density at radius 3 is 2.44 bits per heavy atom. The van der Waals surface area contributed by atoms with Crippen LogP contribution in [0.4, 0.5) is 4.79 Å². The molecular formula is C13H22N2O3. The second-order valence-corrected chi connectivity index (χ2v) is 4.77. The van der Waals surface area contributed by atoms with Crippen molar-refractivity contribution in [3.8, 4) is 0 Å². The van der Waals surface area contributed by atoms with E-state index in [1.54, 1.807) is 18.7 Å². The molecule has 0 radical (unpaired) electrons. The molecule has 5 nitrogen and oxygen atoms in total. The number of nitrogens with zero attached hydrogens (tertiary/aromatic N) is 1. The van der Waals surface area contributed by atoms with Crippen molar-refractivity contribution < 1.29 is 14.7 Å². The van der Waals surface area contributed by atoms with Crippen LogP contribution < -0.4 is 5.32 Å². The van der Waals surface area contributed by atoms with Crippen molar-refractivity contribution in [2.75, 3.05) is 13.1 Å². The number of carbonyl (C=O) groups is 2. The van der Waals surface area contributed by atoms with Crippen molar-refractivity contribution in [2.24, 2.45) is 0 Å². The maximum absolute atomic E-state index is 12.1. The average molecular weight is 254 g/mol. The fourth-order valence-corrected chi connectivity index (χ4v) is 2.02. The van der Waals surface area contributed by atoms with E-state index in [-0.39, 0.29) is 6.03 Å². The molecule has 0 bridgehead atoms. The average Bonchev–Trinajstić information content (AvgIpc) is 2.36. The van der Waals surface area contributed by atoms with Gasteiger partial charge in [-0.3, -0.25) is 0 Å². The topological polar surface area (TPSA) is 69.6 Å². The highest BCUT2D eigenvalue weighted by atomic mass is 16.4. The molecule has 0 aromatic heterocycles. The largest absolute Gasteiger partial charge is 0.480 e. The Morgan fingerprint density at radius 2 is 2.06 bits per heavy atom. The van der Waals surface area contributed by atoms with E-state index in [0.29, 0.717) is 25.9 Å². The maximum Gasteiger partial charge on any atom is 0.329 e. The van der Waals surface area contributed by atoms with Crippen LogP contribution in [0, 0.1) is 0 Å². The Bertz CT molecular complexity index is 359. The predicted octanol–water partition coefficient (Wildman–Crippen LogP) is 1.99. The highest BCUT2D eigenvalue weighted by molar-refractivity contribution is 5.86. The van der Waals surface area contributed by atoms with Gasteiger partial charge in [0.25, 0.3) is 0 Å². The highest BCUT2D eigenvalue weighted by Crippen LogP contribution is 2.17. The summed E-state index contributed by atoms with van der Waals surface area (Å²) in [5, 5.41) is 11.9. The van der Waals surface area contributed by atoms with Crippen molar-refractivity contribution in [3.63, 3.8) is 0 Å². The molecule has 0 saturated carbocycles. The summed E-state index contributed by atoms with van der Waals surface area (Å²) in [5.74, 6) is -0.968. The molecule has 1 rings (SSSR count). The van der Waals surface area contributed by atoms with Gasteiger partial charge < -0.3 is 15.3 Å². The van der Waals surface area contributed by atoms with E-state index in [1.807, 2.05) is 13.0 Å². The molecule has 0 aromatic rings. The van der Waals surface area contributed by atoms with Gasteiger partial charge in [-0.15, -0.1) is 0 Å². The number of urea groups is 1. The highest BCUT2D eigenvalue weighted by Gasteiger charge is 2.37.